The van der Waals surface area contributed by atoms with Crippen molar-refractivity contribution in [3.63, 3.8) is 0 Å². The molecule has 0 spiro atoms. The summed E-state index contributed by atoms with van der Waals surface area (Å²) < 4.78 is 0. The Morgan fingerprint density at radius 3 is 2.53 bits per heavy atom. The van der Waals surface area contributed by atoms with Crippen LogP contribution in [0.1, 0.15) is 36.0 Å². The Morgan fingerprint density at radius 1 is 1.24 bits per heavy atom. The first-order valence-corrected chi connectivity index (χ1v) is 6.34. The molecule has 0 aromatic heterocycles. The van der Waals surface area contributed by atoms with Crippen LogP contribution >= 0.6 is 0 Å². The van der Waals surface area contributed by atoms with Crippen molar-refractivity contribution in [2.24, 2.45) is 0 Å². The molecular weight excluding hydrogens is 210 g/mol. The summed E-state index contributed by atoms with van der Waals surface area (Å²) in [6.45, 7) is 4.80. The van der Waals surface area contributed by atoms with E-state index >= 15 is 0 Å². The Hall–Kier alpha value is -1.28. The molecule has 0 radical (unpaired) electrons. The third-order valence-corrected chi connectivity index (χ3v) is 3.41. The fourth-order valence-corrected chi connectivity index (χ4v) is 2.39. The van der Waals surface area contributed by atoms with Gasteiger partial charge in [-0.25, -0.2) is 0 Å². The van der Waals surface area contributed by atoms with E-state index in [1.165, 1.54) is 18.4 Å². The molecule has 1 atom stereocenters. The molecule has 0 saturated heterocycles. The van der Waals surface area contributed by atoms with Crippen molar-refractivity contribution < 1.29 is 5.11 Å². The Balaban J connectivity index is 1.97. The van der Waals surface area contributed by atoms with Gasteiger partial charge in [-0.3, -0.25) is 0 Å². The smallest absolute Gasteiger partial charge is 0.121 e. The van der Waals surface area contributed by atoms with E-state index in [1.807, 2.05) is 13.8 Å². The van der Waals surface area contributed by atoms with Crippen molar-refractivity contribution in [1.82, 2.24) is 5.32 Å². The zero-order valence-corrected chi connectivity index (χ0v) is 10.7. The van der Waals surface area contributed by atoms with Crippen LogP contribution in [0.25, 0.3) is 0 Å². The van der Waals surface area contributed by atoms with Gasteiger partial charge in [0.05, 0.1) is 0 Å². The standard InChI is InChI=1S/C15H21NO/c1-11-8-13(9-12(2)15(11)17)10-16-14-6-4-3-5-7-14/h3-4,8-9,14,16-17H,5-7,10H2,1-2H3. The molecule has 92 valence electrons. The van der Waals surface area contributed by atoms with Crippen molar-refractivity contribution in [2.45, 2.75) is 45.7 Å². The van der Waals surface area contributed by atoms with Crippen LogP contribution in [0.5, 0.6) is 5.75 Å². The van der Waals surface area contributed by atoms with Gasteiger partial charge in [-0.15, -0.1) is 0 Å². The molecule has 0 aliphatic heterocycles. The Kier molecular flexibility index (Phi) is 3.85. The van der Waals surface area contributed by atoms with Gasteiger partial charge in [0, 0.05) is 12.6 Å². The summed E-state index contributed by atoms with van der Waals surface area (Å²) in [5.74, 6) is 0.425. The summed E-state index contributed by atoms with van der Waals surface area (Å²) in [5, 5.41) is 13.3. The van der Waals surface area contributed by atoms with Crippen LogP contribution in [0.3, 0.4) is 0 Å². The molecule has 17 heavy (non-hydrogen) atoms. The normalized spacial score (nSPS) is 19.5. The van der Waals surface area contributed by atoms with Crippen LogP contribution in [0.15, 0.2) is 24.3 Å². The second kappa shape index (κ2) is 5.37. The highest BCUT2D eigenvalue weighted by atomic mass is 16.3. The molecule has 2 heteroatoms. The maximum absolute atomic E-state index is 9.72. The maximum Gasteiger partial charge on any atom is 0.121 e. The fraction of sp³-hybridized carbons (Fsp3) is 0.467. The summed E-state index contributed by atoms with van der Waals surface area (Å²) in [6, 6.07) is 4.73. The highest BCUT2D eigenvalue weighted by molar-refractivity contribution is 5.42. The molecule has 0 fully saturated rings. The minimum Gasteiger partial charge on any atom is -0.507 e. The van der Waals surface area contributed by atoms with E-state index in [0.717, 1.165) is 24.1 Å². The number of rotatable bonds is 3. The summed E-state index contributed by atoms with van der Waals surface area (Å²) in [5.41, 5.74) is 3.18. The predicted molar refractivity (Wildman–Crippen MR) is 71.2 cm³/mol. The molecule has 1 aliphatic carbocycles. The van der Waals surface area contributed by atoms with Crippen molar-refractivity contribution in [3.8, 4) is 5.75 Å². The van der Waals surface area contributed by atoms with Crippen LogP contribution in [-0.4, -0.2) is 11.1 Å². The predicted octanol–water partition coefficient (Wildman–Crippen LogP) is 3.21. The number of hydrogen-bond acceptors (Lipinski definition) is 2. The molecular formula is C15H21NO. The van der Waals surface area contributed by atoms with Crippen LogP contribution in [0.2, 0.25) is 0 Å². The minimum atomic E-state index is 0.425. The van der Waals surface area contributed by atoms with Crippen molar-refractivity contribution in [1.29, 1.82) is 0 Å². The highest BCUT2D eigenvalue weighted by Gasteiger charge is 2.09. The molecule has 1 aromatic rings. The number of aryl methyl sites for hydroxylation is 2. The SMILES string of the molecule is Cc1cc(CNC2CC=CCC2)cc(C)c1O. The average Bonchev–Trinajstić information content (AvgIpc) is 2.34. The van der Waals surface area contributed by atoms with Crippen molar-refractivity contribution in [3.05, 3.63) is 41.0 Å². The second-order valence-electron chi connectivity index (χ2n) is 4.94. The summed E-state index contributed by atoms with van der Waals surface area (Å²) in [4.78, 5) is 0. The van der Waals surface area contributed by atoms with Crippen LogP contribution < -0.4 is 5.32 Å². The first-order valence-electron chi connectivity index (χ1n) is 6.34. The average molecular weight is 231 g/mol. The molecule has 1 aromatic carbocycles. The summed E-state index contributed by atoms with van der Waals surface area (Å²) in [7, 11) is 0. The lowest BCUT2D eigenvalue weighted by Crippen LogP contribution is -2.29. The third kappa shape index (κ3) is 3.10. The Labute approximate surface area is 103 Å². The molecule has 1 unspecified atom stereocenters. The molecule has 0 amide bonds. The zero-order valence-electron chi connectivity index (χ0n) is 10.7. The fourth-order valence-electron chi connectivity index (χ4n) is 2.39. The van der Waals surface area contributed by atoms with E-state index in [9.17, 15) is 5.11 Å². The lowest BCUT2D eigenvalue weighted by atomic mass is 10.0. The monoisotopic (exact) mass is 231 g/mol. The van der Waals surface area contributed by atoms with Crippen LogP contribution in [0.4, 0.5) is 0 Å². The molecule has 0 bridgehead atoms. The van der Waals surface area contributed by atoms with Gasteiger partial charge in [-0.05, 0) is 49.8 Å². The van der Waals surface area contributed by atoms with Gasteiger partial charge in [0.25, 0.3) is 0 Å². The van der Waals surface area contributed by atoms with Gasteiger partial charge in [0.1, 0.15) is 5.75 Å². The van der Waals surface area contributed by atoms with E-state index in [2.05, 4.69) is 29.6 Å². The highest BCUT2D eigenvalue weighted by Crippen LogP contribution is 2.23. The maximum atomic E-state index is 9.72. The topological polar surface area (TPSA) is 32.3 Å². The van der Waals surface area contributed by atoms with E-state index in [1.54, 1.807) is 0 Å². The molecule has 2 nitrogen and oxygen atoms in total. The number of phenolic OH excluding ortho intramolecular Hbond substituents is 1. The van der Waals surface area contributed by atoms with Gasteiger partial charge < -0.3 is 10.4 Å². The number of phenols is 1. The third-order valence-electron chi connectivity index (χ3n) is 3.41. The zero-order chi connectivity index (χ0) is 12.3. The molecule has 0 heterocycles. The van der Waals surface area contributed by atoms with E-state index in [-0.39, 0.29) is 0 Å². The van der Waals surface area contributed by atoms with E-state index in [0.29, 0.717) is 11.8 Å². The quantitative estimate of drug-likeness (QED) is 0.783. The van der Waals surface area contributed by atoms with Gasteiger partial charge in [-0.1, -0.05) is 24.3 Å². The van der Waals surface area contributed by atoms with Crippen molar-refractivity contribution >= 4 is 0 Å². The molecule has 2 rings (SSSR count). The van der Waals surface area contributed by atoms with E-state index in [4.69, 9.17) is 0 Å². The number of benzene rings is 1. The summed E-state index contributed by atoms with van der Waals surface area (Å²) >= 11 is 0. The molecule has 1 aliphatic rings. The largest absolute Gasteiger partial charge is 0.507 e. The first kappa shape index (κ1) is 12.2. The minimum absolute atomic E-state index is 0.425. The number of aromatic hydroxyl groups is 1. The lowest BCUT2D eigenvalue weighted by Gasteiger charge is -2.19. The number of hydrogen-bond donors (Lipinski definition) is 2. The Bertz CT molecular complexity index is 400. The van der Waals surface area contributed by atoms with Gasteiger partial charge in [0.15, 0.2) is 0 Å². The number of nitrogens with one attached hydrogen (secondary N) is 1. The molecule has 2 N–H and O–H groups in total. The van der Waals surface area contributed by atoms with E-state index < -0.39 is 0 Å². The van der Waals surface area contributed by atoms with Gasteiger partial charge in [0.2, 0.25) is 0 Å². The lowest BCUT2D eigenvalue weighted by molar-refractivity contribution is 0.463. The number of allylic oxidation sites excluding steroid dienone is 1. The second-order valence-corrected chi connectivity index (χ2v) is 4.94. The van der Waals surface area contributed by atoms with Crippen molar-refractivity contribution in [2.75, 3.05) is 0 Å². The molecule has 0 saturated carbocycles. The van der Waals surface area contributed by atoms with Crippen LogP contribution in [-0.2, 0) is 6.54 Å². The van der Waals surface area contributed by atoms with Gasteiger partial charge >= 0.3 is 0 Å². The Morgan fingerprint density at radius 2 is 1.94 bits per heavy atom. The van der Waals surface area contributed by atoms with Gasteiger partial charge in [-0.2, -0.15) is 0 Å². The summed E-state index contributed by atoms with van der Waals surface area (Å²) in [6.07, 6.45) is 8.06. The first-order chi connectivity index (χ1) is 8.16. The van der Waals surface area contributed by atoms with Crippen LogP contribution in [0, 0.1) is 13.8 Å².